The van der Waals surface area contributed by atoms with E-state index < -0.39 is 33.6 Å². The molecular weight excluding hydrogens is 386 g/mol. The molecular formula is C17H17ClF2N2O3S. The second-order valence-corrected chi connectivity index (χ2v) is 7.76. The number of sulfonamides is 1. The standard InChI is InChI=1S/C17H17ClF2N2O3S/c1-11(15-10-13(19)5-6-16(15)20)22-17(23)7-8-21-26(24,25)14-4-2-3-12(18)9-14/h2-6,9-11,21H,7-8H2,1H3,(H,22,23). The molecule has 2 rings (SSSR count). The molecule has 0 saturated heterocycles. The third-order valence-corrected chi connectivity index (χ3v) is 5.25. The Labute approximate surface area is 155 Å². The molecule has 2 N–H and O–H groups in total. The molecule has 0 aliphatic rings. The Morgan fingerprint density at radius 1 is 1.19 bits per heavy atom. The summed E-state index contributed by atoms with van der Waals surface area (Å²) >= 11 is 5.76. The summed E-state index contributed by atoms with van der Waals surface area (Å²) in [6.45, 7) is 1.35. The number of amides is 1. The van der Waals surface area contributed by atoms with Crippen molar-refractivity contribution in [2.45, 2.75) is 24.3 Å². The number of hydrogen-bond acceptors (Lipinski definition) is 3. The van der Waals surface area contributed by atoms with Gasteiger partial charge in [0.15, 0.2) is 0 Å². The quantitative estimate of drug-likeness (QED) is 0.747. The van der Waals surface area contributed by atoms with Crippen molar-refractivity contribution >= 4 is 27.5 Å². The van der Waals surface area contributed by atoms with Crippen LogP contribution in [0, 0.1) is 11.6 Å². The number of benzene rings is 2. The number of hydrogen-bond donors (Lipinski definition) is 2. The van der Waals surface area contributed by atoms with Gasteiger partial charge in [-0.15, -0.1) is 0 Å². The fraction of sp³-hybridized carbons (Fsp3) is 0.235. The number of rotatable bonds is 7. The Morgan fingerprint density at radius 2 is 1.92 bits per heavy atom. The fourth-order valence-corrected chi connectivity index (χ4v) is 3.59. The van der Waals surface area contributed by atoms with Crippen LogP contribution in [0.1, 0.15) is 24.9 Å². The normalized spacial score (nSPS) is 12.6. The van der Waals surface area contributed by atoms with Crippen LogP contribution in [0.5, 0.6) is 0 Å². The van der Waals surface area contributed by atoms with E-state index in [-0.39, 0.29) is 28.4 Å². The first kappa shape index (κ1) is 20.3. The van der Waals surface area contributed by atoms with Gasteiger partial charge in [-0.2, -0.15) is 0 Å². The van der Waals surface area contributed by atoms with Crippen molar-refractivity contribution in [3.05, 3.63) is 64.7 Å². The summed E-state index contributed by atoms with van der Waals surface area (Å²) in [5, 5.41) is 2.77. The molecule has 1 amide bonds. The average Bonchev–Trinajstić information content (AvgIpc) is 2.56. The van der Waals surface area contributed by atoms with Crippen molar-refractivity contribution in [3.63, 3.8) is 0 Å². The molecule has 0 fully saturated rings. The Kier molecular flexibility index (Phi) is 6.69. The van der Waals surface area contributed by atoms with Crippen LogP contribution in [0.2, 0.25) is 5.02 Å². The summed E-state index contributed by atoms with van der Waals surface area (Å²) in [6, 6.07) is 7.91. The molecule has 2 aromatic rings. The lowest BCUT2D eigenvalue weighted by molar-refractivity contribution is -0.121. The molecule has 0 saturated carbocycles. The van der Waals surface area contributed by atoms with Gasteiger partial charge in [0, 0.05) is 23.6 Å². The fourth-order valence-electron chi connectivity index (χ4n) is 2.25. The monoisotopic (exact) mass is 402 g/mol. The number of carbonyl (C=O) groups excluding carboxylic acids is 1. The van der Waals surface area contributed by atoms with E-state index >= 15 is 0 Å². The van der Waals surface area contributed by atoms with Crippen molar-refractivity contribution in [3.8, 4) is 0 Å². The Bertz CT molecular complexity index is 907. The largest absolute Gasteiger partial charge is 0.349 e. The third-order valence-electron chi connectivity index (χ3n) is 3.55. The first-order valence-corrected chi connectivity index (χ1v) is 9.54. The molecule has 0 radical (unpaired) electrons. The molecule has 2 aromatic carbocycles. The first-order chi connectivity index (χ1) is 12.2. The minimum Gasteiger partial charge on any atom is -0.349 e. The van der Waals surface area contributed by atoms with Gasteiger partial charge in [-0.05, 0) is 43.3 Å². The van der Waals surface area contributed by atoms with Gasteiger partial charge in [-0.25, -0.2) is 21.9 Å². The van der Waals surface area contributed by atoms with Crippen LogP contribution in [-0.2, 0) is 14.8 Å². The maximum absolute atomic E-state index is 13.7. The minimum absolute atomic E-state index is 0.0119. The molecule has 5 nitrogen and oxygen atoms in total. The molecule has 0 aliphatic heterocycles. The lowest BCUT2D eigenvalue weighted by atomic mass is 10.1. The Morgan fingerprint density at radius 3 is 2.62 bits per heavy atom. The predicted octanol–water partition coefficient (Wildman–Crippen LogP) is 3.16. The van der Waals surface area contributed by atoms with E-state index in [1.165, 1.54) is 25.1 Å². The van der Waals surface area contributed by atoms with E-state index in [1.807, 2.05) is 0 Å². The van der Waals surface area contributed by atoms with E-state index in [0.717, 1.165) is 18.2 Å². The van der Waals surface area contributed by atoms with Gasteiger partial charge in [0.25, 0.3) is 0 Å². The van der Waals surface area contributed by atoms with Crippen molar-refractivity contribution in [1.29, 1.82) is 0 Å². The van der Waals surface area contributed by atoms with Gasteiger partial charge in [-0.1, -0.05) is 17.7 Å². The highest BCUT2D eigenvalue weighted by atomic mass is 35.5. The highest BCUT2D eigenvalue weighted by Gasteiger charge is 2.17. The zero-order valence-electron chi connectivity index (χ0n) is 13.8. The zero-order valence-corrected chi connectivity index (χ0v) is 15.4. The van der Waals surface area contributed by atoms with Crippen LogP contribution in [0.3, 0.4) is 0 Å². The smallest absolute Gasteiger partial charge is 0.240 e. The van der Waals surface area contributed by atoms with E-state index in [1.54, 1.807) is 6.07 Å². The number of carbonyl (C=O) groups is 1. The molecule has 1 atom stereocenters. The van der Waals surface area contributed by atoms with Crippen LogP contribution in [0.15, 0.2) is 47.4 Å². The summed E-state index contributed by atoms with van der Waals surface area (Å²) in [5.41, 5.74) is 0.0119. The van der Waals surface area contributed by atoms with Crippen LogP contribution >= 0.6 is 11.6 Å². The van der Waals surface area contributed by atoms with E-state index in [0.29, 0.717) is 0 Å². The van der Waals surface area contributed by atoms with Crippen molar-refractivity contribution in [1.82, 2.24) is 10.0 Å². The first-order valence-electron chi connectivity index (χ1n) is 7.68. The maximum atomic E-state index is 13.7. The van der Waals surface area contributed by atoms with Gasteiger partial charge in [0.2, 0.25) is 15.9 Å². The van der Waals surface area contributed by atoms with Gasteiger partial charge in [0.05, 0.1) is 10.9 Å². The van der Waals surface area contributed by atoms with E-state index in [4.69, 9.17) is 11.6 Å². The summed E-state index contributed by atoms with van der Waals surface area (Å²) in [4.78, 5) is 11.9. The topological polar surface area (TPSA) is 75.3 Å². The average molecular weight is 403 g/mol. The van der Waals surface area contributed by atoms with Crippen LogP contribution in [-0.4, -0.2) is 20.9 Å². The summed E-state index contributed by atoms with van der Waals surface area (Å²) < 4.78 is 53.4. The minimum atomic E-state index is -3.80. The van der Waals surface area contributed by atoms with Crippen molar-refractivity contribution in [2.24, 2.45) is 0 Å². The van der Waals surface area contributed by atoms with Crippen LogP contribution in [0.25, 0.3) is 0 Å². The molecule has 9 heteroatoms. The molecule has 0 heterocycles. The van der Waals surface area contributed by atoms with Gasteiger partial charge in [0.1, 0.15) is 11.6 Å². The highest BCUT2D eigenvalue weighted by molar-refractivity contribution is 7.89. The maximum Gasteiger partial charge on any atom is 0.240 e. The number of nitrogens with one attached hydrogen (secondary N) is 2. The van der Waals surface area contributed by atoms with Gasteiger partial charge in [-0.3, -0.25) is 4.79 Å². The molecule has 26 heavy (non-hydrogen) atoms. The lowest BCUT2D eigenvalue weighted by Crippen LogP contribution is -2.32. The molecule has 140 valence electrons. The van der Waals surface area contributed by atoms with Gasteiger partial charge < -0.3 is 5.32 Å². The third kappa shape index (κ3) is 5.48. The lowest BCUT2D eigenvalue weighted by Gasteiger charge is -2.15. The second-order valence-electron chi connectivity index (χ2n) is 5.56. The highest BCUT2D eigenvalue weighted by Crippen LogP contribution is 2.18. The molecule has 0 bridgehead atoms. The van der Waals surface area contributed by atoms with Crippen molar-refractivity contribution in [2.75, 3.05) is 6.54 Å². The predicted molar refractivity (Wildman–Crippen MR) is 94.2 cm³/mol. The second kappa shape index (κ2) is 8.57. The van der Waals surface area contributed by atoms with Crippen molar-refractivity contribution < 1.29 is 22.0 Å². The van der Waals surface area contributed by atoms with Gasteiger partial charge >= 0.3 is 0 Å². The molecule has 0 aromatic heterocycles. The summed E-state index contributed by atoms with van der Waals surface area (Å²) in [5.74, 6) is -1.76. The van der Waals surface area contributed by atoms with E-state index in [2.05, 4.69) is 10.0 Å². The summed E-state index contributed by atoms with van der Waals surface area (Å²) in [6.07, 6.45) is -0.166. The van der Waals surface area contributed by atoms with Crippen LogP contribution in [0.4, 0.5) is 8.78 Å². The van der Waals surface area contributed by atoms with E-state index in [9.17, 15) is 22.0 Å². The summed E-state index contributed by atoms with van der Waals surface area (Å²) in [7, 11) is -3.80. The SMILES string of the molecule is CC(NC(=O)CCNS(=O)(=O)c1cccc(Cl)c1)c1cc(F)ccc1F. The molecule has 0 spiro atoms. The Balaban J connectivity index is 1.89. The Hall–Kier alpha value is -2.03. The molecule has 0 aliphatic carbocycles. The van der Waals surface area contributed by atoms with Crippen LogP contribution < -0.4 is 10.0 Å². The number of halogens is 3. The zero-order chi connectivity index (χ0) is 19.3. The molecule has 1 unspecified atom stereocenters.